The summed E-state index contributed by atoms with van der Waals surface area (Å²) in [5.74, 6) is 0. The fourth-order valence-corrected chi connectivity index (χ4v) is 1.91. The Morgan fingerprint density at radius 3 is 2.24 bits per heavy atom. The highest BCUT2D eigenvalue weighted by Gasteiger charge is 2.12. The molecule has 2 nitrogen and oxygen atoms in total. The molecule has 0 radical (unpaired) electrons. The summed E-state index contributed by atoms with van der Waals surface area (Å²) in [5, 5.41) is 3.55. The van der Waals surface area contributed by atoms with Gasteiger partial charge in [-0.15, -0.1) is 0 Å². The van der Waals surface area contributed by atoms with E-state index in [0.717, 1.165) is 32.5 Å². The van der Waals surface area contributed by atoms with E-state index in [1.807, 2.05) is 13.8 Å². The third-order valence-electron chi connectivity index (χ3n) is 2.95. The van der Waals surface area contributed by atoms with Crippen molar-refractivity contribution in [1.82, 2.24) is 0 Å². The third kappa shape index (κ3) is 4.78. The molecule has 0 aromatic heterocycles. The van der Waals surface area contributed by atoms with Crippen LogP contribution in [0.3, 0.4) is 0 Å². The van der Waals surface area contributed by atoms with Crippen molar-refractivity contribution in [2.75, 3.05) is 18.5 Å². The SMILES string of the molecule is CC.CCc1ccc(NC2CCOCC2)cc1. The molecule has 1 fully saturated rings. The van der Waals surface area contributed by atoms with Gasteiger partial charge in [-0.2, -0.15) is 0 Å². The Morgan fingerprint density at radius 1 is 1.12 bits per heavy atom. The monoisotopic (exact) mass is 235 g/mol. The first-order chi connectivity index (χ1) is 8.38. The lowest BCUT2D eigenvalue weighted by Crippen LogP contribution is -2.27. The Labute approximate surface area is 105 Å². The molecule has 0 unspecified atom stereocenters. The van der Waals surface area contributed by atoms with Crippen LogP contribution >= 0.6 is 0 Å². The van der Waals surface area contributed by atoms with Crippen molar-refractivity contribution >= 4 is 5.69 Å². The van der Waals surface area contributed by atoms with Gasteiger partial charge in [0.1, 0.15) is 0 Å². The van der Waals surface area contributed by atoms with Gasteiger partial charge in [-0.25, -0.2) is 0 Å². The molecule has 1 aliphatic rings. The maximum absolute atomic E-state index is 5.33. The predicted octanol–water partition coefficient (Wildman–Crippen LogP) is 3.87. The highest BCUT2D eigenvalue weighted by Crippen LogP contribution is 2.15. The smallest absolute Gasteiger partial charge is 0.0485 e. The molecule has 2 heteroatoms. The average molecular weight is 235 g/mol. The fourth-order valence-electron chi connectivity index (χ4n) is 1.91. The standard InChI is InChI=1S/C13H19NO.C2H6/c1-2-11-3-5-12(6-4-11)14-13-7-9-15-10-8-13;1-2/h3-6,13-14H,2,7-10H2,1H3;1-2H3. The zero-order chi connectivity index (χ0) is 12.5. The summed E-state index contributed by atoms with van der Waals surface area (Å²) in [4.78, 5) is 0. The molecule has 1 N–H and O–H groups in total. The second-order valence-corrected chi connectivity index (χ2v) is 4.08. The number of aryl methyl sites for hydroxylation is 1. The van der Waals surface area contributed by atoms with Crippen molar-refractivity contribution in [3.8, 4) is 0 Å². The van der Waals surface area contributed by atoms with Crippen molar-refractivity contribution in [2.24, 2.45) is 0 Å². The number of rotatable bonds is 3. The molecule has 1 saturated heterocycles. The number of anilines is 1. The summed E-state index contributed by atoms with van der Waals surface area (Å²) in [5.41, 5.74) is 2.63. The summed E-state index contributed by atoms with van der Waals surface area (Å²) < 4.78 is 5.33. The topological polar surface area (TPSA) is 21.3 Å². The van der Waals surface area contributed by atoms with Gasteiger partial charge < -0.3 is 10.1 Å². The first-order valence-electron chi connectivity index (χ1n) is 6.81. The Balaban J connectivity index is 0.000000686. The van der Waals surface area contributed by atoms with Crippen LogP contribution in [0.1, 0.15) is 39.2 Å². The lowest BCUT2D eigenvalue weighted by Gasteiger charge is -2.24. The van der Waals surface area contributed by atoms with E-state index in [9.17, 15) is 0 Å². The number of benzene rings is 1. The van der Waals surface area contributed by atoms with Crippen LogP contribution < -0.4 is 5.32 Å². The Hall–Kier alpha value is -1.02. The largest absolute Gasteiger partial charge is 0.382 e. The first-order valence-corrected chi connectivity index (χ1v) is 6.81. The molecule has 0 aliphatic carbocycles. The van der Waals surface area contributed by atoms with Crippen LogP contribution in [0.15, 0.2) is 24.3 Å². The predicted molar refractivity (Wildman–Crippen MR) is 74.6 cm³/mol. The van der Waals surface area contributed by atoms with Gasteiger partial charge in [0.15, 0.2) is 0 Å². The summed E-state index contributed by atoms with van der Waals surface area (Å²) in [7, 11) is 0. The molecule has 0 saturated carbocycles. The number of hydrogen-bond acceptors (Lipinski definition) is 2. The lowest BCUT2D eigenvalue weighted by atomic mass is 10.1. The Morgan fingerprint density at radius 2 is 1.71 bits per heavy atom. The van der Waals surface area contributed by atoms with E-state index in [1.54, 1.807) is 0 Å². The van der Waals surface area contributed by atoms with E-state index in [0.29, 0.717) is 6.04 Å². The van der Waals surface area contributed by atoms with Crippen LogP contribution in [-0.4, -0.2) is 19.3 Å². The minimum Gasteiger partial charge on any atom is -0.382 e. The minimum atomic E-state index is 0.589. The van der Waals surface area contributed by atoms with Crippen LogP contribution in [0.2, 0.25) is 0 Å². The third-order valence-corrected chi connectivity index (χ3v) is 2.95. The minimum absolute atomic E-state index is 0.589. The van der Waals surface area contributed by atoms with Gasteiger partial charge in [0.05, 0.1) is 0 Å². The second kappa shape index (κ2) is 8.13. The maximum atomic E-state index is 5.33. The molecule has 96 valence electrons. The molecule has 0 spiro atoms. The van der Waals surface area contributed by atoms with Gasteiger partial charge in [0.25, 0.3) is 0 Å². The van der Waals surface area contributed by atoms with Crippen LogP contribution in [0, 0.1) is 0 Å². The highest BCUT2D eigenvalue weighted by molar-refractivity contribution is 5.45. The van der Waals surface area contributed by atoms with Gasteiger partial charge in [-0.3, -0.25) is 0 Å². The molecule has 0 bridgehead atoms. The Bertz CT molecular complexity index is 288. The second-order valence-electron chi connectivity index (χ2n) is 4.08. The quantitative estimate of drug-likeness (QED) is 0.858. The molecular formula is C15H25NO. The Kier molecular flexibility index (Phi) is 6.71. The average Bonchev–Trinajstić information content (AvgIpc) is 2.43. The zero-order valence-electron chi connectivity index (χ0n) is 11.3. The van der Waals surface area contributed by atoms with Crippen molar-refractivity contribution < 1.29 is 4.74 Å². The molecule has 0 atom stereocenters. The van der Waals surface area contributed by atoms with Crippen molar-refractivity contribution in [3.05, 3.63) is 29.8 Å². The summed E-state index contributed by atoms with van der Waals surface area (Å²) in [6, 6.07) is 9.33. The molecule has 17 heavy (non-hydrogen) atoms. The molecule has 1 heterocycles. The highest BCUT2D eigenvalue weighted by atomic mass is 16.5. The molecule has 2 rings (SSSR count). The van der Waals surface area contributed by atoms with Crippen LogP contribution in [0.5, 0.6) is 0 Å². The first kappa shape index (κ1) is 14.0. The fraction of sp³-hybridized carbons (Fsp3) is 0.600. The van der Waals surface area contributed by atoms with Crippen LogP contribution in [-0.2, 0) is 11.2 Å². The molecule has 1 aliphatic heterocycles. The number of ether oxygens (including phenoxy) is 1. The van der Waals surface area contributed by atoms with Gasteiger partial charge in [0.2, 0.25) is 0 Å². The van der Waals surface area contributed by atoms with E-state index in [4.69, 9.17) is 4.74 Å². The van der Waals surface area contributed by atoms with Crippen molar-refractivity contribution in [2.45, 2.75) is 46.1 Å². The molecule has 0 amide bonds. The molecule has 1 aromatic rings. The van der Waals surface area contributed by atoms with Gasteiger partial charge in [0, 0.05) is 24.9 Å². The van der Waals surface area contributed by atoms with E-state index < -0.39 is 0 Å². The van der Waals surface area contributed by atoms with Gasteiger partial charge in [-0.05, 0) is 37.0 Å². The number of nitrogens with one attached hydrogen (secondary N) is 1. The zero-order valence-corrected chi connectivity index (χ0v) is 11.3. The summed E-state index contributed by atoms with van der Waals surface area (Å²) in [6.45, 7) is 7.97. The maximum Gasteiger partial charge on any atom is 0.0485 e. The molecular weight excluding hydrogens is 210 g/mol. The summed E-state index contributed by atoms with van der Waals surface area (Å²) in [6.07, 6.45) is 3.35. The number of hydrogen-bond donors (Lipinski definition) is 1. The van der Waals surface area contributed by atoms with Gasteiger partial charge in [-0.1, -0.05) is 32.9 Å². The van der Waals surface area contributed by atoms with Crippen LogP contribution in [0.4, 0.5) is 5.69 Å². The van der Waals surface area contributed by atoms with Crippen molar-refractivity contribution in [1.29, 1.82) is 0 Å². The molecule has 1 aromatic carbocycles. The summed E-state index contributed by atoms with van der Waals surface area (Å²) >= 11 is 0. The van der Waals surface area contributed by atoms with Crippen molar-refractivity contribution in [3.63, 3.8) is 0 Å². The van der Waals surface area contributed by atoms with Crippen LogP contribution in [0.25, 0.3) is 0 Å². The van der Waals surface area contributed by atoms with Gasteiger partial charge >= 0.3 is 0 Å². The lowest BCUT2D eigenvalue weighted by molar-refractivity contribution is 0.0904. The van der Waals surface area contributed by atoms with E-state index >= 15 is 0 Å². The van der Waals surface area contributed by atoms with E-state index in [1.165, 1.54) is 11.3 Å². The van der Waals surface area contributed by atoms with E-state index in [-0.39, 0.29) is 0 Å². The normalized spacial score (nSPS) is 15.9. The van der Waals surface area contributed by atoms with E-state index in [2.05, 4.69) is 36.5 Å².